The number of carbonyl (C=O) groups excluding carboxylic acids is 2. The second kappa shape index (κ2) is 11.0. The molecule has 2 rings (SSSR count). The molecule has 4 heteroatoms. The van der Waals surface area contributed by atoms with Crippen LogP contribution in [0.25, 0.3) is 0 Å². The summed E-state index contributed by atoms with van der Waals surface area (Å²) in [5, 5.41) is 0. The molecule has 0 N–H and O–H groups in total. The van der Waals surface area contributed by atoms with Crippen LogP contribution in [0.2, 0.25) is 0 Å². The van der Waals surface area contributed by atoms with Crippen LogP contribution in [0, 0.1) is 0 Å². The zero-order valence-corrected chi connectivity index (χ0v) is 21.5. The number of hydrogen-bond donors (Lipinski definition) is 0. The molecule has 33 heavy (non-hydrogen) atoms. The molecular formula is C29H40O4. The lowest BCUT2D eigenvalue weighted by molar-refractivity contribution is -0.00188. The van der Waals surface area contributed by atoms with E-state index in [4.69, 9.17) is 9.47 Å². The van der Waals surface area contributed by atoms with Gasteiger partial charge in [-0.25, -0.2) is 9.59 Å². The highest BCUT2D eigenvalue weighted by Gasteiger charge is 2.23. The number of carbonyl (C=O) groups is 2. The maximum absolute atomic E-state index is 12.7. The predicted octanol–water partition coefficient (Wildman–Crippen LogP) is 7.24. The molecule has 2 aromatic carbocycles. The molecule has 0 amide bonds. The van der Waals surface area contributed by atoms with Gasteiger partial charge < -0.3 is 9.47 Å². The summed E-state index contributed by atoms with van der Waals surface area (Å²) < 4.78 is 11.5. The lowest BCUT2D eigenvalue weighted by Crippen LogP contribution is -2.27. The Bertz CT molecular complexity index is 835. The van der Waals surface area contributed by atoms with Gasteiger partial charge in [-0.3, -0.25) is 0 Å². The first-order valence-corrected chi connectivity index (χ1v) is 12.0. The number of ether oxygens (including phenoxy) is 2. The number of hydrogen-bond acceptors (Lipinski definition) is 4. The summed E-state index contributed by atoms with van der Waals surface area (Å²) in [4.78, 5) is 25.3. The fourth-order valence-electron chi connectivity index (χ4n) is 3.54. The highest BCUT2D eigenvalue weighted by atomic mass is 16.6. The first-order valence-electron chi connectivity index (χ1n) is 12.0. The first kappa shape index (κ1) is 26.6. The molecule has 0 fully saturated rings. The second-order valence-electron chi connectivity index (χ2n) is 10.8. The highest BCUT2D eigenvalue weighted by molar-refractivity contribution is 5.90. The van der Waals surface area contributed by atoms with Crippen LogP contribution in [0.15, 0.2) is 48.5 Å². The number of esters is 2. The third-order valence-corrected chi connectivity index (χ3v) is 5.96. The molecule has 2 unspecified atom stereocenters. The third kappa shape index (κ3) is 7.73. The quantitative estimate of drug-likeness (QED) is 0.396. The van der Waals surface area contributed by atoms with E-state index >= 15 is 0 Å². The molecule has 180 valence electrons. The summed E-state index contributed by atoms with van der Waals surface area (Å²) in [5.74, 6) is -0.692. The Hall–Kier alpha value is -2.62. The van der Waals surface area contributed by atoms with E-state index in [2.05, 4.69) is 41.5 Å². The first-order chi connectivity index (χ1) is 15.3. The van der Waals surface area contributed by atoms with Crippen molar-refractivity contribution in [1.29, 1.82) is 0 Å². The Kier molecular flexibility index (Phi) is 8.88. The van der Waals surface area contributed by atoms with E-state index in [9.17, 15) is 9.59 Å². The second-order valence-corrected chi connectivity index (χ2v) is 10.8. The largest absolute Gasteiger partial charge is 0.459 e. The molecule has 0 aliphatic heterocycles. The maximum atomic E-state index is 12.7. The smallest absolute Gasteiger partial charge is 0.338 e. The zero-order valence-electron chi connectivity index (χ0n) is 21.5. The fourth-order valence-corrected chi connectivity index (χ4v) is 3.54. The van der Waals surface area contributed by atoms with Crippen LogP contribution < -0.4 is 0 Å². The molecule has 0 radical (unpaired) electrons. The molecule has 0 bridgehead atoms. The van der Waals surface area contributed by atoms with Gasteiger partial charge >= 0.3 is 11.9 Å². The highest BCUT2D eigenvalue weighted by Crippen LogP contribution is 2.24. The Balaban J connectivity index is 1.99. The SMILES string of the molecule is CCC(CC(CC)OC(=O)c1ccc(C(C)(C)C)cc1)OC(=O)c1ccc(C(C)(C)C)cc1. The van der Waals surface area contributed by atoms with E-state index in [-0.39, 0.29) is 35.0 Å². The van der Waals surface area contributed by atoms with E-state index < -0.39 is 0 Å². The lowest BCUT2D eigenvalue weighted by Gasteiger charge is -2.23. The van der Waals surface area contributed by atoms with Gasteiger partial charge in [0.2, 0.25) is 0 Å². The van der Waals surface area contributed by atoms with Gasteiger partial charge in [0.1, 0.15) is 12.2 Å². The van der Waals surface area contributed by atoms with Gasteiger partial charge in [-0.2, -0.15) is 0 Å². The molecule has 0 spiro atoms. The van der Waals surface area contributed by atoms with Crippen molar-refractivity contribution in [3.8, 4) is 0 Å². The lowest BCUT2D eigenvalue weighted by atomic mass is 9.87. The van der Waals surface area contributed by atoms with E-state index in [1.54, 1.807) is 0 Å². The third-order valence-electron chi connectivity index (χ3n) is 5.96. The maximum Gasteiger partial charge on any atom is 0.338 e. The number of benzene rings is 2. The molecule has 0 aliphatic carbocycles. The van der Waals surface area contributed by atoms with E-state index in [0.29, 0.717) is 30.4 Å². The Morgan fingerprint density at radius 2 is 0.939 bits per heavy atom. The van der Waals surface area contributed by atoms with Crippen molar-refractivity contribution in [3.63, 3.8) is 0 Å². The summed E-state index contributed by atoms with van der Waals surface area (Å²) in [7, 11) is 0. The Labute approximate surface area is 199 Å². The van der Waals surface area contributed by atoms with E-state index in [0.717, 1.165) is 0 Å². The molecular weight excluding hydrogens is 412 g/mol. The normalized spacial score (nSPS) is 13.8. The minimum absolute atomic E-state index is 0.0275. The van der Waals surface area contributed by atoms with Gasteiger partial charge in [-0.05, 0) is 59.1 Å². The minimum atomic E-state index is -0.346. The van der Waals surface area contributed by atoms with Crippen LogP contribution in [-0.2, 0) is 20.3 Å². The van der Waals surface area contributed by atoms with Crippen LogP contribution in [0.4, 0.5) is 0 Å². The average Bonchev–Trinajstić information content (AvgIpc) is 2.76. The minimum Gasteiger partial charge on any atom is -0.459 e. The molecule has 0 heterocycles. The van der Waals surface area contributed by atoms with Crippen molar-refractivity contribution in [2.24, 2.45) is 0 Å². The van der Waals surface area contributed by atoms with Gasteiger partial charge in [0, 0.05) is 6.42 Å². The standard InChI is InChI=1S/C29H40O4/c1-9-24(32-26(30)20-11-15-22(16-12-20)28(3,4)5)19-25(10-2)33-27(31)21-13-17-23(18-14-21)29(6,7)8/h11-18,24-25H,9-10,19H2,1-8H3. The van der Waals surface area contributed by atoms with Gasteiger partial charge in [0.15, 0.2) is 0 Å². The van der Waals surface area contributed by atoms with E-state index in [1.807, 2.05) is 62.4 Å². The van der Waals surface area contributed by atoms with Crippen molar-refractivity contribution < 1.29 is 19.1 Å². The monoisotopic (exact) mass is 452 g/mol. The summed E-state index contributed by atoms with van der Waals surface area (Å²) in [6.07, 6.45) is 1.15. The van der Waals surface area contributed by atoms with Gasteiger partial charge in [-0.1, -0.05) is 79.7 Å². The van der Waals surface area contributed by atoms with Gasteiger partial charge in [-0.15, -0.1) is 0 Å². The molecule has 0 saturated heterocycles. The van der Waals surface area contributed by atoms with Gasteiger partial charge in [0.05, 0.1) is 11.1 Å². The predicted molar refractivity (Wildman–Crippen MR) is 134 cm³/mol. The summed E-state index contributed by atoms with van der Waals surface area (Å²) in [5.41, 5.74) is 3.45. The van der Waals surface area contributed by atoms with Crippen LogP contribution in [0.5, 0.6) is 0 Å². The molecule has 0 aliphatic rings. The van der Waals surface area contributed by atoms with E-state index in [1.165, 1.54) is 11.1 Å². The molecule has 0 saturated carbocycles. The summed E-state index contributed by atoms with van der Waals surface area (Å²) in [6, 6.07) is 15.1. The Morgan fingerprint density at radius 1 is 0.636 bits per heavy atom. The van der Waals surface area contributed by atoms with Crippen LogP contribution in [-0.4, -0.2) is 24.1 Å². The zero-order chi connectivity index (χ0) is 24.8. The van der Waals surface area contributed by atoms with Crippen LogP contribution in [0.1, 0.15) is 106 Å². The van der Waals surface area contributed by atoms with Crippen molar-refractivity contribution in [2.45, 2.75) is 97.7 Å². The summed E-state index contributed by atoms with van der Waals surface area (Å²) in [6.45, 7) is 16.8. The van der Waals surface area contributed by atoms with Crippen molar-refractivity contribution in [2.75, 3.05) is 0 Å². The summed E-state index contributed by atoms with van der Waals surface area (Å²) >= 11 is 0. The molecule has 2 aromatic rings. The van der Waals surface area contributed by atoms with Crippen LogP contribution in [0.3, 0.4) is 0 Å². The van der Waals surface area contributed by atoms with Crippen molar-refractivity contribution in [1.82, 2.24) is 0 Å². The Morgan fingerprint density at radius 3 is 1.18 bits per heavy atom. The molecule has 0 aromatic heterocycles. The van der Waals surface area contributed by atoms with Crippen LogP contribution >= 0.6 is 0 Å². The fraction of sp³-hybridized carbons (Fsp3) is 0.517. The van der Waals surface area contributed by atoms with Crippen molar-refractivity contribution in [3.05, 3.63) is 70.8 Å². The molecule has 4 nitrogen and oxygen atoms in total. The number of rotatable bonds is 8. The van der Waals surface area contributed by atoms with Gasteiger partial charge in [0.25, 0.3) is 0 Å². The topological polar surface area (TPSA) is 52.6 Å². The average molecular weight is 453 g/mol. The molecule has 2 atom stereocenters. The van der Waals surface area contributed by atoms with Crippen molar-refractivity contribution >= 4 is 11.9 Å².